The van der Waals surface area contributed by atoms with Crippen molar-refractivity contribution in [2.24, 2.45) is 0 Å². The van der Waals surface area contributed by atoms with Crippen molar-refractivity contribution in [2.75, 3.05) is 0 Å². The Hall–Kier alpha value is -0.630. The van der Waals surface area contributed by atoms with Gasteiger partial charge in [0.05, 0.1) is 0 Å². The Kier molecular flexibility index (Phi) is 5.80. The van der Waals surface area contributed by atoms with E-state index in [1.807, 2.05) is 19.9 Å². The fourth-order valence-electron chi connectivity index (χ4n) is 1.62. The van der Waals surface area contributed by atoms with Gasteiger partial charge in [-0.1, -0.05) is 61.5 Å². The van der Waals surface area contributed by atoms with Crippen molar-refractivity contribution in [2.45, 2.75) is 71.1 Å². The molecule has 0 unspecified atom stereocenters. The number of hydrogen-bond donors (Lipinski definition) is 2. The van der Waals surface area contributed by atoms with E-state index >= 15 is 0 Å². The van der Waals surface area contributed by atoms with Crippen LogP contribution >= 0.6 is 12.6 Å². The number of thiol groups is 1. The van der Waals surface area contributed by atoms with E-state index < -0.39 is 0 Å². The molecule has 1 rings (SSSR count). The second-order valence-electron chi connectivity index (χ2n) is 6.39. The average molecular weight is 268 g/mol. The summed E-state index contributed by atoms with van der Waals surface area (Å²) < 4.78 is 0. The third-order valence-electron chi connectivity index (χ3n) is 2.76. The second-order valence-corrected chi connectivity index (χ2v) is 6.87. The zero-order valence-electron chi connectivity index (χ0n) is 13.0. The number of hydrogen-bond acceptors (Lipinski definition) is 2. The normalized spacial score (nSPS) is 11.8. The summed E-state index contributed by atoms with van der Waals surface area (Å²) in [6, 6.07) is 4.04. The molecule has 0 fully saturated rings. The van der Waals surface area contributed by atoms with Crippen LogP contribution in [0.1, 0.15) is 66.5 Å². The molecule has 104 valence electrons. The topological polar surface area (TPSA) is 20.2 Å². The van der Waals surface area contributed by atoms with Crippen molar-refractivity contribution >= 4 is 12.6 Å². The number of phenols is 1. The van der Waals surface area contributed by atoms with Crippen LogP contribution in [0.4, 0.5) is 0 Å². The van der Waals surface area contributed by atoms with Crippen LogP contribution in [0.3, 0.4) is 0 Å². The molecule has 0 aliphatic heterocycles. The monoisotopic (exact) mass is 268 g/mol. The van der Waals surface area contributed by atoms with Gasteiger partial charge < -0.3 is 5.11 Å². The van der Waals surface area contributed by atoms with Gasteiger partial charge in [-0.15, -0.1) is 12.6 Å². The summed E-state index contributed by atoms with van der Waals surface area (Å²) in [7, 11) is 0. The molecule has 0 amide bonds. The van der Waals surface area contributed by atoms with Crippen molar-refractivity contribution < 1.29 is 5.11 Å². The maximum absolute atomic E-state index is 10.0. The highest BCUT2D eigenvalue weighted by atomic mass is 32.1. The van der Waals surface area contributed by atoms with E-state index in [4.69, 9.17) is 0 Å². The molecule has 0 aromatic heterocycles. The highest BCUT2D eigenvalue weighted by Gasteiger charge is 2.23. The standard InChI is InChI=1S/C14H22OS.C2H6/c1-13(2,3)9-7-10(14(4,5)6)12(15)11(16)8-9;1-2/h7-8,15-16H,1-6H3;1-2H3. The lowest BCUT2D eigenvalue weighted by molar-refractivity contribution is 0.432. The Morgan fingerprint density at radius 2 is 1.33 bits per heavy atom. The molecule has 0 heterocycles. The first-order valence-electron chi connectivity index (χ1n) is 6.60. The van der Waals surface area contributed by atoms with E-state index in [-0.39, 0.29) is 10.8 Å². The van der Waals surface area contributed by atoms with Crippen molar-refractivity contribution in [3.8, 4) is 5.75 Å². The van der Waals surface area contributed by atoms with Gasteiger partial charge in [0.1, 0.15) is 5.75 Å². The molecular weight excluding hydrogens is 240 g/mol. The van der Waals surface area contributed by atoms with Crippen LogP contribution in [0.25, 0.3) is 0 Å². The van der Waals surface area contributed by atoms with Crippen LogP contribution < -0.4 is 0 Å². The van der Waals surface area contributed by atoms with Crippen molar-refractivity contribution in [3.05, 3.63) is 23.3 Å². The van der Waals surface area contributed by atoms with E-state index in [0.29, 0.717) is 10.6 Å². The number of rotatable bonds is 0. The first-order chi connectivity index (χ1) is 8.03. The molecule has 1 aromatic carbocycles. The molecule has 0 saturated heterocycles. The highest BCUT2D eigenvalue weighted by molar-refractivity contribution is 7.80. The maximum atomic E-state index is 10.0. The smallest absolute Gasteiger partial charge is 0.132 e. The third kappa shape index (κ3) is 4.24. The molecule has 0 radical (unpaired) electrons. The molecule has 1 aromatic rings. The molecule has 1 nitrogen and oxygen atoms in total. The molecule has 18 heavy (non-hydrogen) atoms. The molecular formula is C16H28OS. The van der Waals surface area contributed by atoms with Gasteiger partial charge in [0.2, 0.25) is 0 Å². The summed E-state index contributed by atoms with van der Waals surface area (Å²) >= 11 is 4.35. The Balaban J connectivity index is 0.00000137. The van der Waals surface area contributed by atoms with Crippen LogP contribution in [0.5, 0.6) is 5.75 Å². The molecule has 2 heteroatoms. The zero-order chi connectivity index (χ0) is 14.7. The lowest BCUT2D eigenvalue weighted by Gasteiger charge is -2.26. The Morgan fingerprint density at radius 3 is 1.67 bits per heavy atom. The largest absolute Gasteiger partial charge is 0.506 e. The zero-order valence-corrected chi connectivity index (χ0v) is 13.9. The molecule has 1 N–H and O–H groups in total. The van der Waals surface area contributed by atoms with Crippen LogP contribution in [0, 0.1) is 0 Å². The van der Waals surface area contributed by atoms with Crippen LogP contribution in [0.2, 0.25) is 0 Å². The van der Waals surface area contributed by atoms with Gasteiger partial charge in [-0.2, -0.15) is 0 Å². The van der Waals surface area contributed by atoms with Crippen LogP contribution in [-0.2, 0) is 10.8 Å². The van der Waals surface area contributed by atoms with Gasteiger partial charge in [0.15, 0.2) is 0 Å². The summed E-state index contributed by atoms with van der Waals surface area (Å²) in [6.07, 6.45) is 0. The lowest BCUT2D eigenvalue weighted by Crippen LogP contribution is -2.16. The van der Waals surface area contributed by atoms with Crippen LogP contribution in [0.15, 0.2) is 17.0 Å². The van der Waals surface area contributed by atoms with Crippen molar-refractivity contribution in [3.63, 3.8) is 0 Å². The predicted molar refractivity (Wildman–Crippen MR) is 84.1 cm³/mol. The molecule has 0 aliphatic rings. The lowest BCUT2D eigenvalue weighted by atomic mass is 9.80. The highest BCUT2D eigenvalue weighted by Crippen LogP contribution is 2.38. The summed E-state index contributed by atoms with van der Waals surface area (Å²) in [4.78, 5) is 0.664. The Morgan fingerprint density at radius 1 is 0.889 bits per heavy atom. The molecule has 0 aliphatic carbocycles. The fraction of sp³-hybridized carbons (Fsp3) is 0.625. The summed E-state index contributed by atoms with van der Waals surface area (Å²) in [6.45, 7) is 16.8. The first kappa shape index (κ1) is 17.4. The first-order valence-corrected chi connectivity index (χ1v) is 7.05. The predicted octanol–water partition coefficient (Wildman–Crippen LogP) is 5.30. The molecule has 0 saturated carbocycles. The SMILES string of the molecule is CC.CC(C)(C)c1cc(S)c(O)c(C(C)(C)C)c1. The minimum absolute atomic E-state index is 0.0666. The van der Waals surface area contributed by atoms with Gasteiger partial charge in [-0.3, -0.25) is 0 Å². The van der Waals surface area contributed by atoms with E-state index in [2.05, 4.69) is 60.2 Å². The van der Waals surface area contributed by atoms with E-state index in [1.54, 1.807) is 0 Å². The Bertz CT molecular complexity index is 395. The molecule has 0 spiro atoms. The quantitative estimate of drug-likeness (QED) is 0.612. The minimum Gasteiger partial charge on any atom is -0.506 e. The fourth-order valence-corrected chi connectivity index (χ4v) is 1.88. The van der Waals surface area contributed by atoms with Gasteiger partial charge in [-0.25, -0.2) is 0 Å². The Labute approximate surface area is 118 Å². The number of benzene rings is 1. The summed E-state index contributed by atoms with van der Waals surface area (Å²) in [5.41, 5.74) is 2.18. The van der Waals surface area contributed by atoms with Gasteiger partial charge in [-0.05, 0) is 22.5 Å². The van der Waals surface area contributed by atoms with Crippen LogP contribution in [-0.4, -0.2) is 5.11 Å². The molecule has 0 atom stereocenters. The van der Waals surface area contributed by atoms with E-state index in [9.17, 15) is 5.11 Å². The second kappa shape index (κ2) is 6.01. The summed E-state index contributed by atoms with van der Waals surface area (Å²) in [5, 5.41) is 10.0. The molecule has 0 bridgehead atoms. The maximum Gasteiger partial charge on any atom is 0.132 e. The van der Waals surface area contributed by atoms with Crippen molar-refractivity contribution in [1.82, 2.24) is 0 Å². The number of aromatic hydroxyl groups is 1. The number of phenolic OH excluding ortho intramolecular Hbond substituents is 1. The summed E-state index contributed by atoms with van der Waals surface area (Å²) in [5.74, 6) is 0.309. The van der Waals surface area contributed by atoms with Gasteiger partial charge in [0.25, 0.3) is 0 Å². The van der Waals surface area contributed by atoms with Crippen molar-refractivity contribution in [1.29, 1.82) is 0 Å². The van der Waals surface area contributed by atoms with E-state index in [0.717, 1.165) is 5.56 Å². The minimum atomic E-state index is -0.0666. The van der Waals surface area contributed by atoms with Gasteiger partial charge in [0, 0.05) is 10.5 Å². The van der Waals surface area contributed by atoms with E-state index in [1.165, 1.54) is 5.56 Å². The average Bonchev–Trinajstić information content (AvgIpc) is 2.21. The van der Waals surface area contributed by atoms with Gasteiger partial charge >= 0.3 is 0 Å². The third-order valence-corrected chi connectivity index (χ3v) is 3.10.